The molecule has 0 saturated heterocycles. The molecule has 16 heavy (non-hydrogen) atoms. The third-order valence-electron chi connectivity index (χ3n) is 3.10. The van der Waals surface area contributed by atoms with E-state index < -0.39 is 9.84 Å². The monoisotopic (exact) mass is 240 g/mol. The average molecular weight is 240 g/mol. The normalized spacial score (nSPS) is 19.7. The molecule has 0 aromatic heterocycles. The minimum atomic E-state index is -2.86. The number of phenolic OH excluding ortho intramolecular Hbond substituents is 1. The Labute approximate surface area is 96.0 Å². The van der Waals surface area contributed by atoms with Crippen molar-refractivity contribution in [2.45, 2.75) is 19.3 Å². The third kappa shape index (κ3) is 2.76. The van der Waals surface area contributed by atoms with Gasteiger partial charge in [0.05, 0.1) is 5.75 Å². The maximum absolute atomic E-state index is 11.1. The summed E-state index contributed by atoms with van der Waals surface area (Å²) < 4.78 is 22.1. The van der Waals surface area contributed by atoms with E-state index in [1.165, 1.54) is 17.4 Å². The molecule has 88 valence electrons. The minimum Gasteiger partial charge on any atom is -0.508 e. The first kappa shape index (κ1) is 11.5. The number of hydrogen-bond donors (Lipinski definition) is 1. The molecule has 0 radical (unpaired) electrons. The zero-order valence-electron chi connectivity index (χ0n) is 9.31. The zero-order chi connectivity index (χ0) is 11.8. The summed E-state index contributed by atoms with van der Waals surface area (Å²) in [5, 5.41) is 9.35. The summed E-state index contributed by atoms with van der Waals surface area (Å²) >= 11 is 0. The molecular weight excluding hydrogens is 224 g/mol. The van der Waals surface area contributed by atoms with Gasteiger partial charge in [0.2, 0.25) is 0 Å². The summed E-state index contributed by atoms with van der Waals surface area (Å²) in [5.74, 6) is 0.964. The van der Waals surface area contributed by atoms with Crippen LogP contribution in [0.4, 0.5) is 0 Å². The van der Waals surface area contributed by atoms with Gasteiger partial charge in [0.1, 0.15) is 15.6 Å². The minimum absolute atomic E-state index is 0.262. The van der Waals surface area contributed by atoms with E-state index in [4.69, 9.17) is 0 Å². The van der Waals surface area contributed by atoms with Crippen LogP contribution in [0.15, 0.2) is 18.2 Å². The number of sulfone groups is 1. The van der Waals surface area contributed by atoms with Gasteiger partial charge in [-0.2, -0.15) is 0 Å². The van der Waals surface area contributed by atoms with Crippen molar-refractivity contribution in [3.05, 3.63) is 29.3 Å². The fourth-order valence-corrected chi connectivity index (χ4v) is 3.04. The first-order valence-corrected chi connectivity index (χ1v) is 7.48. The summed E-state index contributed by atoms with van der Waals surface area (Å²) in [6.45, 7) is 0. The van der Waals surface area contributed by atoms with E-state index in [-0.39, 0.29) is 5.75 Å². The Morgan fingerprint density at radius 2 is 2.00 bits per heavy atom. The van der Waals surface area contributed by atoms with Gasteiger partial charge < -0.3 is 5.11 Å². The van der Waals surface area contributed by atoms with Crippen LogP contribution in [0.5, 0.6) is 5.75 Å². The number of hydrogen-bond acceptors (Lipinski definition) is 3. The SMILES string of the molecule is CS(=O)(=O)CCC1Cc2ccc(O)cc2C1. The van der Waals surface area contributed by atoms with Gasteiger partial charge in [-0.25, -0.2) is 8.42 Å². The first-order valence-electron chi connectivity index (χ1n) is 5.42. The van der Waals surface area contributed by atoms with Gasteiger partial charge in [-0.15, -0.1) is 0 Å². The fourth-order valence-electron chi connectivity index (χ4n) is 2.28. The second kappa shape index (κ2) is 4.09. The highest BCUT2D eigenvalue weighted by Gasteiger charge is 2.22. The Balaban J connectivity index is 2.01. The van der Waals surface area contributed by atoms with Gasteiger partial charge in [0, 0.05) is 6.26 Å². The standard InChI is InChI=1S/C12H16O3S/c1-16(14,15)5-4-9-6-10-2-3-12(13)8-11(10)7-9/h2-3,8-9,13H,4-7H2,1H3. The molecule has 1 aliphatic rings. The summed E-state index contributed by atoms with van der Waals surface area (Å²) in [7, 11) is -2.86. The molecule has 0 aliphatic heterocycles. The van der Waals surface area contributed by atoms with Crippen LogP contribution in [0.1, 0.15) is 17.5 Å². The molecule has 0 fully saturated rings. The Hall–Kier alpha value is -1.03. The Morgan fingerprint density at radius 1 is 1.31 bits per heavy atom. The number of aromatic hydroxyl groups is 1. The van der Waals surface area contributed by atoms with E-state index in [1.54, 1.807) is 12.1 Å². The molecule has 0 amide bonds. The lowest BCUT2D eigenvalue weighted by atomic mass is 10.0. The quantitative estimate of drug-likeness (QED) is 0.872. The van der Waals surface area contributed by atoms with Gasteiger partial charge in [0.15, 0.2) is 0 Å². The molecule has 1 N–H and O–H groups in total. The van der Waals surface area contributed by atoms with Crippen molar-refractivity contribution in [1.29, 1.82) is 0 Å². The van der Waals surface area contributed by atoms with Crippen LogP contribution < -0.4 is 0 Å². The van der Waals surface area contributed by atoms with Crippen molar-refractivity contribution in [2.24, 2.45) is 5.92 Å². The van der Waals surface area contributed by atoms with E-state index in [1.807, 2.05) is 6.07 Å². The molecule has 1 aromatic carbocycles. The maximum Gasteiger partial charge on any atom is 0.147 e. The van der Waals surface area contributed by atoms with E-state index in [0.717, 1.165) is 12.8 Å². The van der Waals surface area contributed by atoms with Gasteiger partial charge in [-0.1, -0.05) is 6.07 Å². The van der Waals surface area contributed by atoms with E-state index in [2.05, 4.69) is 0 Å². The lowest BCUT2D eigenvalue weighted by molar-refractivity contribution is 0.474. The van der Waals surface area contributed by atoms with Crippen molar-refractivity contribution in [1.82, 2.24) is 0 Å². The fraction of sp³-hybridized carbons (Fsp3) is 0.500. The molecule has 1 aliphatic carbocycles. The highest BCUT2D eigenvalue weighted by molar-refractivity contribution is 7.90. The van der Waals surface area contributed by atoms with Crippen molar-refractivity contribution >= 4 is 9.84 Å². The lowest BCUT2D eigenvalue weighted by Crippen LogP contribution is -2.09. The lowest BCUT2D eigenvalue weighted by Gasteiger charge is -2.06. The Morgan fingerprint density at radius 3 is 2.69 bits per heavy atom. The zero-order valence-corrected chi connectivity index (χ0v) is 10.1. The van der Waals surface area contributed by atoms with E-state index in [0.29, 0.717) is 18.1 Å². The van der Waals surface area contributed by atoms with Crippen molar-refractivity contribution < 1.29 is 13.5 Å². The highest BCUT2D eigenvalue weighted by Crippen LogP contribution is 2.31. The van der Waals surface area contributed by atoms with E-state index >= 15 is 0 Å². The molecule has 0 spiro atoms. The predicted octanol–water partition coefficient (Wildman–Crippen LogP) is 1.54. The number of fused-ring (bicyclic) bond motifs is 1. The predicted molar refractivity (Wildman–Crippen MR) is 63.3 cm³/mol. The highest BCUT2D eigenvalue weighted by atomic mass is 32.2. The molecule has 3 nitrogen and oxygen atoms in total. The second-order valence-corrected chi connectivity index (χ2v) is 6.91. The van der Waals surface area contributed by atoms with Crippen molar-refractivity contribution in [3.8, 4) is 5.75 Å². The third-order valence-corrected chi connectivity index (χ3v) is 4.08. The van der Waals surface area contributed by atoms with Crippen LogP contribution in [0.3, 0.4) is 0 Å². The van der Waals surface area contributed by atoms with Crippen LogP contribution in [0.2, 0.25) is 0 Å². The van der Waals surface area contributed by atoms with E-state index in [9.17, 15) is 13.5 Å². The number of phenols is 1. The van der Waals surface area contributed by atoms with Crippen LogP contribution in [0.25, 0.3) is 0 Å². The van der Waals surface area contributed by atoms with Crippen LogP contribution in [-0.4, -0.2) is 25.5 Å². The number of benzene rings is 1. The van der Waals surface area contributed by atoms with Gasteiger partial charge in [0.25, 0.3) is 0 Å². The Kier molecular flexibility index (Phi) is 2.93. The summed E-state index contributed by atoms with van der Waals surface area (Å²) in [6, 6.07) is 5.42. The van der Waals surface area contributed by atoms with Gasteiger partial charge in [-0.05, 0) is 48.4 Å². The molecule has 1 aromatic rings. The van der Waals surface area contributed by atoms with Crippen LogP contribution in [0, 0.1) is 5.92 Å². The molecule has 0 heterocycles. The summed E-state index contributed by atoms with van der Waals surface area (Å²) in [4.78, 5) is 0. The second-order valence-electron chi connectivity index (χ2n) is 4.65. The van der Waals surface area contributed by atoms with Gasteiger partial charge >= 0.3 is 0 Å². The molecule has 2 rings (SSSR count). The molecule has 4 heteroatoms. The largest absolute Gasteiger partial charge is 0.508 e. The van der Waals surface area contributed by atoms with Crippen molar-refractivity contribution in [2.75, 3.05) is 12.0 Å². The Bertz CT molecular complexity index is 491. The van der Waals surface area contributed by atoms with Crippen LogP contribution in [-0.2, 0) is 22.7 Å². The summed E-state index contributed by atoms with van der Waals surface area (Å²) in [6.07, 6.45) is 3.82. The molecular formula is C12H16O3S. The first-order chi connectivity index (χ1) is 7.44. The molecule has 1 atom stereocenters. The topological polar surface area (TPSA) is 54.4 Å². The number of rotatable bonds is 3. The smallest absolute Gasteiger partial charge is 0.147 e. The average Bonchev–Trinajstić information content (AvgIpc) is 2.55. The summed E-state index contributed by atoms with van der Waals surface area (Å²) in [5.41, 5.74) is 2.41. The molecule has 0 bridgehead atoms. The van der Waals surface area contributed by atoms with Gasteiger partial charge in [-0.3, -0.25) is 0 Å². The molecule has 1 unspecified atom stereocenters. The van der Waals surface area contributed by atoms with Crippen molar-refractivity contribution in [3.63, 3.8) is 0 Å². The molecule has 0 saturated carbocycles. The van der Waals surface area contributed by atoms with Crippen LogP contribution >= 0.6 is 0 Å². The maximum atomic E-state index is 11.1.